The molecule has 10 heteroatoms. The van der Waals surface area contributed by atoms with Gasteiger partial charge in [0.05, 0.1) is 18.1 Å². The van der Waals surface area contributed by atoms with Gasteiger partial charge < -0.3 is 20.3 Å². The van der Waals surface area contributed by atoms with Crippen molar-refractivity contribution in [3.8, 4) is 11.5 Å². The number of carboxylic acids is 1. The van der Waals surface area contributed by atoms with E-state index in [0.717, 1.165) is 16.6 Å². The fourth-order valence-corrected chi connectivity index (χ4v) is 3.04. The van der Waals surface area contributed by atoms with Crippen LogP contribution in [0.2, 0.25) is 0 Å². The van der Waals surface area contributed by atoms with Gasteiger partial charge in [0.1, 0.15) is 0 Å². The van der Waals surface area contributed by atoms with E-state index in [1.165, 1.54) is 7.11 Å². The number of hydrogen-bond donors (Lipinski definition) is 3. The number of nitrogens with two attached hydrogens (primary N) is 1. The smallest absolute Gasteiger partial charge is 0.341 e. The van der Waals surface area contributed by atoms with Crippen molar-refractivity contribution in [2.45, 2.75) is 6.17 Å². The molecule has 1 aliphatic heterocycles. The van der Waals surface area contributed by atoms with Gasteiger partial charge in [-0.15, -0.1) is 12.4 Å². The van der Waals surface area contributed by atoms with Gasteiger partial charge in [0.2, 0.25) is 5.95 Å². The zero-order valence-electron chi connectivity index (χ0n) is 14.8. The van der Waals surface area contributed by atoms with Gasteiger partial charge in [-0.1, -0.05) is 18.2 Å². The Hall–Kier alpha value is -3.46. The standard InChI is InChI=1S/C18H17N5O4.ClH/c1-26-14-8-10(6-7-13(14)27-9-15(24)25)16-21-17(19)22-18-20-11-4-2-3-5-12(11)23(16)18;/h2-8,16H,9H2,1H3,(H,24,25)(H3,19,20,21,22);1H. The minimum atomic E-state index is -1.06. The number of halogens is 1. The van der Waals surface area contributed by atoms with Crippen LogP contribution in [0.15, 0.2) is 47.5 Å². The summed E-state index contributed by atoms with van der Waals surface area (Å²) in [5, 5.41) is 11.8. The molecule has 1 aromatic heterocycles. The monoisotopic (exact) mass is 403 g/mol. The van der Waals surface area contributed by atoms with Crippen molar-refractivity contribution in [3.05, 3.63) is 48.0 Å². The summed E-state index contributed by atoms with van der Waals surface area (Å²) in [4.78, 5) is 19.8. The molecule has 28 heavy (non-hydrogen) atoms. The number of hydrogen-bond acceptors (Lipinski definition) is 7. The van der Waals surface area contributed by atoms with Crippen molar-refractivity contribution in [2.75, 3.05) is 19.0 Å². The van der Waals surface area contributed by atoms with Crippen LogP contribution in [0, 0.1) is 0 Å². The van der Waals surface area contributed by atoms with Gasteiger partial charge in [0, 0.05) is 5.56 Å². The molecular weight excluding hydrogens is 386 g/mol. The van der Waals surface area contributed by atoms with Crippen LogP contribution in [0.25, 0.3) is 11.0 Å². The van der Waals surface area contributed by atoms with E-state index >= 15 is 0 Å². The maximum atomic E-state index is 10.7. The summed E-state index contributed by atoms with van der Waals surface area (Å²) >= 11 is 0. The number of benzene rings is 2. The van der Waals surface area contributed by atoms with E-state index in [4.69, 9.17) is 20.3 Å². The summed E-state index contributed by atoms with van der Waals surface area (Å²) in [6, 6.07) is 12.9. The lowest BCUT2D eigenvalue weighted by Gasteiger charge is -2.24. The average molecular weight is 404 g/mol. The highest BCUT2D eigenvalue weighted by molar-refractivity contribution is 5.94. The summed E-state index contributed by atoms with van der Waals surface area (Å²) < 4.78 is 12.6. The quantitative estimate of drug-likeness (QED) is 0.596. The number of ether oxygens (including phenoxy) is 2. The van der Waals surface area contributed by atoms with E-state index in [1.54, 1.807) is 18.2 Å². The number of para-hydroxylation sites is 2. The van der Waals surface area contributed by atoms with Crippen LogP contribution in [0.3, 0.4) is 0 Å². The van der Waals surface area contributed by atoms with Gasteiger partial charge in [-0.25, -0.2) is 14.8 Å². The lowest BCUT2D eigenvalue weighted by atomic mass is 10.1. The molecule has 0 saturated carbocycles. The molecule has 1 unspecified atom stereocenters. The van der Waals surface area contributed by atoms with E-state index in [2.05, 4.69) is 15.3 Å². The number of fused-ring (bicyclic) bond motifs is 3. The maximum Gasteiger partial charge on any atom is 0.341 e. The lowest BCUT2D eigenvalue weighted by molar-refractivity contribution is -0.139. The van der Waals surface area contributed by atoms with E-state index in [9.17, 15) is 4.79 Å². The normalized spacial score (nSPS) is 15.0. The van der Waals surface area contributed by atoms with E-state index in [0.29, 0.717) is 17.4 Å². The summed E-state index contributed by atoms with van der Waals surface area (Å²) in [6.07, 6.45) is -0.448. The Morgan fingerprint density at radius 2 is 2.07 bits per heavy atom. The highest BCUT2D eigenvalue weighted by atomic mass is 35.5. The minimum Gasteiger partial charge on any atom is -0.493 e. The molecule has 0 radical (unpaired) electrons. The van der Waals surface area contributed by atoms with Crippen molar-refractivity contribution < 1.29 is 19.4 Å². The molecule has 2 heterocycles. The SMILES string of the molecule is COc1cc(C2N=C(N)Nc3nc4ccccc4n32)ccc1OCC(=O)O.Cl. The Morgan fingerprint density at radius 1 is 1.29 bits per heavy atom. The predicted molar refractivity (Wildman–Crippen MR) is 106 cm³/mol. The first-order valence-corrected chi connectivity index (χ1v) is 8.16. The van der Waals surface area contributed by atoms with Gasteiger partial charge in [-0.05, 0) is 24.3 Å². The van der Waals surface area contributed by atoms with Crippen LogP contribution in [-0.4, -0.2) is 40.3 Å². The van der Waals surface area contributed by atoms with Gasteiger partial charge >= 0.3 is 5.97 Å². The molecule has 0 amide bonds. The number of aromatic nitrogens is 2. The summed E-state index contributed by atoms with van der Waals surface area (Å²) in [6.45, 7) is -0.454. The first-order valence-electron chi connectivity index (χ1n) is 8.16. The number of carbonyl (C=O) groups is 1. The summed E-state index contributed by atoms with van der Waals surface area (Å²) in [5.41, 5.74) is 8.47. The van der Waals surface area contributed by atoms with Gasteiger partial charge in [0.25, 0.3) is 0 Å². The average Bonchev–Trinajstić information content (AvgIpc) is 3.03. The number of nitrogens with zero attached hydrogens (tertiary/aromatic N) is 3. The molecule has 146 valence electrons. The van der Waals surface area contributed by atoms with Crippen molar-refractivity contribution in [1.29, 1.82) is 0 Å². The fraction of sp³-hybridized carbons (Fsp3) is 0.167. The third-order valence-corrected chi connectivity index (χ3v) is 4.18. The second-order valence-corrected chi connectivity index (χ2v) is 5.90. The highest BCUT2D eigenvalue weighted by Gasteiger charge is 2.26. The van der Waals surface area contributed by atoms with Crippen LogP contribution >= 0.6 is 12.4 Å². The number of imidazole rings is 1. The van der Waals surface area contributed by atoms with Crippen molar-refractivity contribution in [1.82, 2.24) is 9.55 Å². The molecule has 9 nitrogen and oxygen atoms in total. The number of aliphatic imine (C=N–C) groups is 1. The number of guanidine groups is 1. The largest absolute Gasteiger partial charge is 0.493 e. The minimum absolute atomic E-state index is 0. The Labute approximate surface area is 166 Å². The van der Waals surface area contributed by atoms with Crippen LogP contribution in [0.1, 0.15) is 11.7 Å². The zero-order valence-corrected chi connectivity index (χ0v) is 15.6. The Kier molecular flexibility index (Phi) is 5.27. The molecular formula is C18H18ClN5O4. The molecule has 0 aliphatic carbocycles. The number of aliphatic carboxylic acids is 1. The van der Waals surface area contributed by atoms with Crippen LogP contribution in [0.5, 0.6) is 11.5 Å². The first-order chi connectivity index (χ1) is 13.1. The summed E-state index contributed by atoms with van der Waals surface area (Å²) in [7, 11) is 1.49. The molecule has 1 atom stereocenters. The van der Waals surface area contributed by atoms with Crippen molar-refractivity contribution in [3.63, 3.8) is 0 Å². The second-order valence-electron chi connectivity index (χ2n) is 5.90. The number of nitrogens with one attached hydrogen (secondary N) is 1. The summed E-state index contributed by atoms with van der Waals surface area (Å²) in [5.74, 6) is 0.538. The molecule has 0 spiro atoms. The number of carboxylic acid groups (broad SMARTS) is 1. The van der Waals surface area contributed by atoms with Gasteiger partial charge in [0.15, 0.2) is 30.2 Å². The Bertz CT molecular complexity index is 1070. The number of methoxy groups -OCH3 is 1. The number of rotatable bonds is 5. The van der Waals surface area contributed by atoms with E-state index < -0.39 is 18.7 Å². The molecule has 0 bridgehead atoms. The Morgan fingerprint density at radius 3 is 2.82 bits per heavy atom. The van der Waals surface area contributed by atoms with E-state index in [1.807, 2.05) is 28.8 Å². The van der Waals surface area contributed by atoms with E-state index in [-0.39, 0.29) is 18.4 Å². The lowest BCUT2D eigenvalue weighted by Crippen LogP contribution is -2.31. The molecule has 4 N–H and O–H groups in total. The van der Waals surface area contributed by atoms with Crippen molar-refractivity contribution >= 4 is 41.3 Å². The van der Waals surface area contributed by atoms with Crippen LogP contribution in [0.4, 0.5) is 5.95 Å². The third-order valence-electron chi connectivity index (χ3n) is 4.18. The Balaban J connectivity index is 0.00000225. The first kappa shape index (κ1) is 19.3. The predicted octanol–water partition coefficient (Wildman–Crippen LogP) is 2.22. The maximum absolute atomic E-state index is 10.7. The number of anilines is 1. The molecule has 0 saturated heterocycles. The zero-order chi connectivity index (χ0) is 19.0. The molecule has 3 aromatic rings. The van der Waals surface area contributed by atoms with Gasteiger partial charge in [-0.2, -0.15) is 0 Å². The highest BCUT2D eigenvalue weighted by Crippen LogP contribution is 2.36. The third kappa shape index (κ3) is 3.39. The van der Waals surface area contributed by atoms with Crippen LogP contribution in [-0.2, 0) is 4.79 Å². The second kappa shape index (κ2) is 7.65. The van der Waals surface area contributed by atoms with Gasteiger partial charge in [-0.3, -0.25) is 9.88 Å². The topological polar surface area (TPSA) is 124 Å². The molecule has 2 aromatic carbocycles. The fourth-order valence-electron chi connectivity index (χ4n) is 3.04. The van der Waals surface area contributed by atoms with Crippen LogP contribution < -0.4 is 20.5 Å². The molecule has 0 fully saturated rings. The van der Waals surface area contributed by atoms with Crippen molar-refractivity contribution in [2.24, 2.45) is 10.7 Å². The molecule has 1 aliphatic rings. The molecule has 4 rings (SSSR count).